The summed E-state index contributed by atoms with van der Waals surface area (Å²) in [7, 11) is 8.11. The number of carbonyl (C=O) groups excluding carboxylic acids is 4. The Morgan fingerprint density at radius 1 is 1.02 bits per heavy atom. The zero-order valence-electron chi connectivity index (χ0n) is 37.8. The Bertz CT molecular complexity index is 1550. The zero-order chi connectivity index (χ0) is 44.6. The van der Waals surface area contributed by atoms with E-state index in [4.69, 9.17) is 14.5 Å². The first-order valence-electron chi connectivity index (χ1n) is 21.0. The van der Waals surface area contributed by atoms with E-state index in [9.17, 15) is 28.6 Å². The summed E-state index contributed by atoms with van der Waals surface area (Å²) in [5.74, 6) is -2.96. The van der Waals surface area contributed by atoms with Gasteiger partial charge in [-0.1, -0.05) is 71.4 Å². The zero-order valence-corrected chi connectivity index (χ0v) is 38.7. The van der Waals surface area contributed by atoms with E-state index < -0.39 is 67.4 Å². The first-order valence-corrected chi connectivity index (χ1v) is 22.9. The Morgan fingerprint density at radius 2 is 1.64 bits per heavy atom. The monoisotopic (exact) mass is 852 g/mol. The minimum Gasteiger partial charge on any atom is -0.379 e. The first-order chi connectivity index (χ1) is 27.7. The summed E-state index contributed by atoms with van der Waals surface area (Å²) in [5.41, 5.74) is 4.48. The van der Waals surface area contributed by atoms with Crippen molar-refractivity contribution in [1.29, 1.82) is 0 Å². The van der Waals surface area contributed by atoms with Crippen LogP contribution >= 0.6 is 7.37 Å². The van der Waals surface area contributed by atoms with E-state index in [1.165, 1.54) is 7.11 Å². The van der Waals surface area contributed by atoms with E-state index in [1.54, 1.807) is 55.1 Å². The highest BCUT2D eigenvalue weighted by molar-refractivity contribution is 7.59. The van der Waals surface area contributed by atoms with E-state index in [0.717, 1.165) is 12.0 Å². The van der Waals surface area contributed by atoms with E-state index in [2.05, 4.69) is 23.3 Å². The molecule has 17 heteroatoms. The third-order valence-electron chi connectivity index (χ3n) is 11.4. The Kier molecular flexibility index (Phi) is 21.5. The predicted octanol–water partition coefficient (Wildman–Crippen LogP) is 2.11. The third-order valence-corrected chi connectivity index (χ3v) is 13.4. The number of carbonyl (C=O) groups is 4. The summed E-state index contributed by atoms with van der Waals surface area (Å²) in [6.45, 7) is 11.1. The number of methoxy groups -OCH3 is 2. The number of hydrogen-bond acceptors (Lipinski definition) is 8. The van der Waals surface area contributed by atoms with Gasteiger partial charge in [0.15, 0.2) is 5.96 Å². The predicted molar refractivity (Wildman–Crippen MR) is 232 cm³/mol. The molecule has 0 bridgehead atoms. The van der Waals surface area contributed by atoms with Gasteiger partial charge in [-0.2, -0.15) is 0 Å². The molecule has 1 heterocycles. The largest absolute Gasteiger partial charge is 0.379 e. The minimum atomic E-state index is -4.26. The van der Waals surface area contributed by atoms with Crippen molar-refractivity contribution in [3.05, 3.63) is 35.9 Å². The number of likely N-dealkylation sites (tertiary alicyclic amines) is 1. The number of ether oxygens (including phenoxy) is 2. The Morgan fingerprint density at radius 3 is 2.17 bits per heavy atom. The number of rotatable bonds is 23. The molecule has 1 aromatic carbocycles. The maximum atomic E-state index is 14.3. The number of hydrogen-bond donors (Lipinski definition) is 4. The Balaban J connectivity index is 2.36. The van der Waals surface area contributed by atoms with Gasteiger partial charge in [-0.3, -0.25) is 23.7 Å². The summed E-state index contributed by atoms with van der Waals surface area (Å²) in [6.07, 6.45) is 0.650. The van der Waals surface area contributed by atoms with E-state index >= 15 is 0 Å². The number of nitrogens with one attached hydrogen (secondary N) is 2. The molecule has 0 aliphatic carbocycles. The van der Waals surface area contributed by atoms with Crippen molar-refractivity contribution in [3.63, 3.8) is 0 Å². The number of nitrogens with zero attached hydrogens (tertiary/aromatic N) is 5. The van der Waals surface area contributed by atoms with Gasteiger partial charge in [0, 0.05) is 75.4 Å². The van der Waals surface area contributed by atoms with Crippen LogP contribution in [0.5, 0.6) is 0 Å². The van der Waals surface area contributed by atoms with E-state index in [1.807, 2.05) is 64.8 Å². The second-order valence-corrected chi connectivity index (χ2v) is 19.1. The molecular formula is C42H76N8O8P+. The lowest BCUT2D eigenvalue weighted by molar-refractivity contribution is -0.367. The smallest absolute Gasteiger partial charge is 0.247 e. The lowest BCUT2D eigenvalue weighted by atomic mass is 9.89. The van der Waals surface area contributed by atoms with Crippen LogP contribution in [0.2, 0.25) is 0 Å². The molecule has 0 spiro atoms. The van der Waals surface area contributed by atoms with Crippen molar-refractivity contribution in [2.45, 2.75) is 109 Å². The maximum Gasteiger partial charge on any atom is 0.247 e. The van der Waals surface area contributed by atoms with Crippen LogP contribution in [0.4, 0.5) is 0 Å². The highest BCUT2D eigenvalue weighted by Crippen LogP contribution is 2.46. The summed E-state index contributed by atoms with van der Waals surface area (Å²) >= 11 is 0. The summed E-state index contributed by atoms with van der Waals surface area (Å²) < 4.78 is 25.8. The second-order valence-electron chi connectivity index (χ2n) is 16.7. The number of benzene rings is 1. The average molecular weight is 852 g/mol. The molecule has 59 heavy (non-hydrogen) atoms. The topological polar surface area (TPSA) is 201 Å². The molecule has 1 fully saturated rings. The van der Waals surface area contributed by atoms with Crippen LogP contribution in [0.25, 0.3) is 0 Å². The number of aliphatic imine (C=N–C) groups is 1. The van der Waals surface area contributed by atoms with Crippen LogP contribution in [0.3, 0.4) is 0 Å². The van der Waals surface area contributed by atoms with E-state index in [-0.39, 0.29) is 36.5 Å². The fraction of sp³-hybridized carbons (Fsp3) is 0.738. The van der Waals surface area contributed by atoms with Crippen LogP contribution in [-0.4, -0.2) is 165 Å². The van der Waals surface area contributed by atoms with Crippen molar-refractivity contribution in [1.82, 2.24) is 30.2 Å². The van der Waals surface area contributed by atoms with Crippen LogP contribution < -0.4 is 16.4 Å². The molecule has 1 aliphatic rings. The Labute approximate surface area is 353 Å². The van der Waals surface area contributed by atoms with Gasteiger partial charge in [0.05, 0.1) is 43.2 Å². The van der Waals surface area contributed by atoms with Crippen molar-refractivity contribution in [3.8, 4) is 0 Å². The molecule has 9 unspecified atom stereocenters. The van der Waals surface area contributed by atoms with Crippen LogP contribution in [0, 0.1) is 17.8 Å². The summed E-state index contributed by atoms with van der Waals surface area (Å²) in [5, 5.41) is 5.47. The lowest BCUT2D eigenvalue weighted by Crippen LogP contribution is -2.55. The van der Waals surface area contributed by atoms with Gasteiger partial charge < -0.3 is 50.3 Å². The fourth-order valence-electron chi connectivity index (χ4n) is 7.91. The standard InChI is InChI=1S/C42H75N8O8P/c1-13-29(4)38(49(10)41(54)37(28(2)3)46-42(47(6)7)48(8)9)33(57-11)26-36(52)50-24-17-21-32(50)39(58-12)30(5)40(53)45-35(25-31-19-15-14-16-20-31)59(55,56)27-34(51)44-23-18-22-43/h14-16,19-20,28-30,32-33,35,37-39H,13,17-18,21-27,43H2,1-12H3,(H,44,51)(H,45,53)(H,55,56)/p+1. The third kappa shape index (κ3) is 14.8. The van der Waals surface area contributed by atoms with Crippen molar-refractivity contribution >= 4 is 37.0 Å². The molecule has 6 N–H and O–H groups in total. The number of amides is 4. The number of quaternary nitrogens is 1. The fourth-order valence-corrected chi connectivity index (χ4v) is 9.48. The summed E-state index contributed by atoms with van der Waals surface area (Å²) in [6, 6.07) is 7.46. The van der Waals surface area contributed by atoms with Gasteiger partial charge in [-0.15, -0.1) is 0 Å². The lowest BCUT2D eigenvalue weighted by Gasteiger charge is -2.40. The first kappa shape index (κ1) is 51.6. The normalized spacial score (nSPS) is 18.7. The highest BCUT2D eigenvalue weighted by Gasteiger charge is 2.44. The highest BCUT2D eigenvalue weighted by atomic mass is 31.2. The van der Waals surface area contributed by atoms with Crippen molar-refractivity contribution < 1.29 is 43.8 Å². The molecular weight excluding hydrogens is 775 g/mol. The van der Waals surface area contributed by atoms with Gasteiger partial charge in [0.1, 0.15) is 18.0 Å². The molecule has 1 aromatic rings. The quantitative estimate of drug-likeness (QED) is 0.0547. The van der Waals surface area contributed by atoms with Crippen LogP contribution in [-0.2, 0) is 39.6 Å². The van der Waals surface area contributed by atoms with Gasteiger partial charge in [0.25, 0.3) is 0 Å². The molecule has 0 saturated carbocycles. The molecule has 16 nitrogen and oxygen atoms in total. The SMILES string of the molecule is CCC(C)C(C(CC(=O)N1CCCC1C(OC)C(C)C(=O)NC(Cc1ccccc1)P(=O)(O)CC(=O)NCCC[NH3+])OC)N(C)C(=O)C(N=C(N(C)C)N(C)C)C(C)C. The van der Waals surface area contributed by atoms with Gasteiger partial charge in [-0.05, 0) is 30.2 Å². The average Bonchev–Trinajstić information content (AvgIpc) is 3.67. The molecule has 1 saturated heterocycles. The van der Waals surface area contributed by atoms with Crippen LogP contribution in [0.1, 0.15) is 72.3 Å². The molecule has 2 rings (SSSR count). The Hall–Kier alpha value is -3.56. The van der Waals surface area contributed by atoms with Crippen LogP contribution in [0.15, 0.2) is 35.3 Å². The molecule has 4 amide bonds. The van der Waals surface area contributed by atoms with Gasteiger partial charge in [-0.25, -0.2) is 4.99 Å². The van der Waals surface area contributed by atoms with Crippen molar-refractivity contribution in [2.24, 2.45) is 22.7 Å². The molecule has 0 radical (unpaired) electrons. The second kappa shape index (κ2) is 24.6. The van der Waals surface area contributed by atoms with Gasteiger partial charge >= 0.3 is 0 Å². The molecule has 0 aromatic heterocycles. The minimum absolute atomic E-state index is 0.00340. The number of likely N-dealkylation sites (N-methyl/N-ethyl adjacent to an activating group) is 1. The molecule has 1 aliphatic heterocycles. The van der Waals surface area contributed by atoms with Gasteiger partial charge in [0.2, 0.25) is 31.0 Å². The number of guanidine groups is 1. The maximum absolute atomic E-state index is 14.3. The van der Waals surface area contributed by atoms with Crippen molar-refractivity contribution in [2.75, 3.05) is 75.3 Å². The molecule has 9 atom stereocenters. The molecule has 336 valence electrons. The van der Waals surface area contributed by atoms with E-state index in [0.29, 0.717) is 44.9 Å². The summed E-state index contributed by atoms with van der Waals surface area (Å²) in [4.78, 5) is 78.7.